The highest BCUT2D eigenvalue weighted by atomic mass is 32.1. The van der Waals surface area contributed by atoms with Crippen molar-refractivity contribution in [3.05, 3.63) is 46.7 Å². The maximum absolute atomic E-state index is 13.1. The molecule has 1 aromatic heterocycles. The second-order valence-corrected chi connectivity index (χ2v) is 6.22. The second-order valence-electron chi connectivity index (χ2n) is 5.24. The Morgan fingerprint density at radius 1 is 1.45 bits per heavy atom. The van der Waals surface area contributed by atoms with Gasteiger partial charge >= 0.3 is 0 Å². The van der Waals surface area contributed by atoms with Gasteiger partial charge in [0.2, 0.25) is 0 Å². The zero-order valence-corrected chi connectivity index (χ0v) is 12.9. The van der Waals surface area contributed by atoms with Gasteiger partial charge in [0.05, 0.1) is 5.01 Å². The highest BCUT2D eigenvalue weighted by molar-refractivity contribution is 7.09. The van der Waals surface area contributed by atoms with Crippen LogP contribution in [-0.4, -0.2) is 35.0 Å². The molecule has 0 bridgehead atoms. The Morgan fingerprint density at radius 3 is 3.00 bits per heavy atom. The second kappa shape index (κ2) is 6.87. The van der Waals surface area contributed by atoms with E-state index in [1.165, 1.54) is 12.1 Å². The van der Waals surface area contributed by atoms with E-state index in [0.29, 0.717) is 18.3 Å². The molecule has 0 unspecified atom stereocenters. The number of ether oxygens (including phenoxy) is 1. The monoisotopic (exact) mass is 320 g/mol. The fourth-order valence-electron chi connectivity index (χ4n) is 2.27. The van der Waals surface area contributed by atoms with Crippen LogP contribution < -0.4 is 4.74 Å². The highest BCUT2D eigenvalue weighted by Crippen LogP contribution is 2.27. The van der Waals surface area contributed by atoms with Crippen molar-refractivity contribution in [3.63, 3.8) is 0 Å². The molecular weight excluding hydrogens is 303 g/mol. The average molecular weight is 320 g/mol. The third-order valence-electron chi connectivity index (χ3n) is 3.52. The summed E-state index contributed by atoms with van der Waals surface area (Å²) in [5.41, 5.74) is 0. The summed E-state index contributed by atoms with van der Waals surface area (Å²) in [5, 5.41) is 2.97. The molecule has 4 nitrogen and oxygen atoms in total. The maximum atomic E-state index is 13.1. The number of amides is 1. The summed E-state index contributed by atoms with van der Waals surface area (Å²) >= 11 is 1.60. The minimum Gasteiger partial charge on any atom is -0.484 e. The lowest BCUT2D eigenvalue weighted by atomic mass is 10.3. The molecule has 1 aliphatic rings. The lowest BCUT2D eigenvalue weighted by molar-refractivity contribution is -0.133. The number of hydrogen-bond donors (Lipinski definition) is 0. The molecule has 1 fully saturated rings. The van der Waals surface area contributed by atoms with E-state index in [0.717, 1.165) is 24.3 Å². The van der Waals surface area contributed by atoms with Crippen molar-refractivity contribution >= 4 is 17.2 Å². The predicted octanol–water partition coefficient (Wildman–Crippen LogP) is 2.89. The van der Waals surface area contributed by atoms with E-state index >= 15 is 0 Å². The first-order chi connectivity index (χ1) is 10.7. The molecule has 1 aromatic carbocycles. The van der Waals surface area contributed by atoms with Crippen molar-refractivity contribution in [1.29, 1.82) is 0 Å². The van der Waals surface area contributed by atoms with E-state index in [4.69, 9.17) is 4.74 Å². The zero-order chi connectivity index (χ0) is 15.4. The molecule has 0 saturated heterocycles. The number of carbonyl (C=O) groups excluding carboxylic acids is 1. The maximum Gasteiger partial charge on any atom is 0.260 e. The van der Waals surface area contributed by atoms with Gasteiger partial charge in [0.15, 0.2) is 6.61 Å². The van der Waals surface area contributed by atoms with Gasteiger partial charge in [-0.05, 0) is 25.0 Å². The van der Waals surface area contributed by atoms with E-state index in [9.17, 15) is 9.18 Å². The van der Waals surface area contributed by atoms with E-state index in [1.54, 1.807) is 29.7 Å². The number of thiazole rings is 1. The van der Waals surface area contributed by atoms with Crippen molar-refractivity contribution in [2.75, 3.05) is 13.2 Å². The Balaban J connectivity index is 1.53. The first-order valence-electron chi connectivity index (χ1n) is 7.28. The minimum absolute atomic E-state index is 0.0525. The number of rotatable bonds is 7. The molecule has 0 aliphatic heterocycles. The Labute approximate surface area is 132 Å². The van der Waals surface area contributed by atoms with Gasteiger partial charge < -0.3 is 9.64 Å². The van der Waals surface area contributed by atoms with Crippen molar-refractivity contribution in [2.24, 2.45) is 0 Å². The van der Waals surface area contributed by atoms with Crippen LogP contribution in [0.15, 0.2) is 35.8 Å². The van der Waals surface area contributed by atoms with Crippen LogP contribution in [0.5, 0.6) is 5.75 Å². The fourth-order valence-corrected chi connectivity index (χ4v) is 2.88. The smallest absolute Gasteiger partial charge is 0.260 e. The average Bonchev–Trinajstić information content (AvgIpc) is 3.21. The fraction of sp³-hybridized carbons (Fsp3) is 0.375. The van der Waals surface area contributed by atoms with Crippen LogP contribution in [0, 0.1) is 5.82 Å². The van der Waals surface area contributed by atoms with Gasteiger partial charge in [-0.3, -0.25) is 4.79 Å². The van der Waals surface area contributed by atoms with Gasteiger partial charge in [0.25, 0.3) is 5.91 Å². The Kier molecular flexibility index (Phi) is 4.68. The molecule has 3 rings (SSSR count). The first-order valence-corrected chi connectivity index (χ1v) is 8.16. The van der Waals surface area contributed by atoms with Gasteiger partial charge in [-0.25, -0.2) is 9.37 Å². The number of benzene rings is 1. The van der Waals surface area contributed by atoms with Crippen molar-refractivity contribution in [2.45, 2.75) is 25.3 Å². The molecule has 22 heavy (non-hydrogen) atoms. The molecule has 0 radical (unpaired) electrons. The Morgan fingerprint density at radius 2 is 2.32 bits per heavy atom. The summed E-state index contributed by atoms with van der Waals surface area (Å²) in [5.74, 6) is -0.0416. The van der Waals surface area contributed by atoms with Gasteiger partial charge in [-0.15, -0.1) is 11.3 Å². The number of carbonyl (C=O) groups is 1. The van der Waals surface area contributed by atoms with Crippen LogP contribution >= 0.6 is 11.3 Å². The molecule has 1 saturated carbocycles. The van der Waals surface area contributed by atoms with Crippen molar-refractivity contribution in [1.82, 2.24) is 9.88 Å². The van der Waals surface area contributed by atoms with Gasteiger partial charge in [0, 0.05) is 36.7 Å². The number of hydrogen-bond acceptors (Lipinski definition) is 4. The molecule has 1 aliphatic carbocycles. The normalized spacial score (nSPS) is 13.9. The van der Waals surface area contributed by atoms with Crippen molar-refractivity contribution in [3.8, 4) is 5.75 Å². The summed E-state index contributed by atoms with van der Waals surface area (Å²) in [6, 6.07) is 6.16. The van der Waals surface area contributed by atoms with Crippen LogP contribution in [0.3, 0.4) is 0 Å². The van der Waals surface area contributed by atoms with E-state index < -0.39 is 0 Å². The summed E-state index contributed by atoms with van der Waals surface area (Å²) in [6.07, 6.45) is 4.63. The SMILES string of the molecule is O=C(COc1cccc(F)c1)N(CCc1nccs1)C1CC1. The van der Waals surface area contributed by atoms with Crippen molar-refractivity contribution < 1.29 is 13.9 Å². The standard InChI is InChI=1S/C16H17FN2O2S/c17-12-2-1-3-14(10-12)21-11-16(20)19(13-4-5-13)8-6-15-18-7-9-22-15/h1-3,7,9-10,13H,4-6,8,11H2. The van der Waals surface area contributed by atoms with Crippen LogP contribution in [0.4, 0.5) is 4.39 Å². The largest absolute Gasteiger partial charge is 0.484 e. The van der Waals surface area contributed by atoms with E-state index in [2.05, 4.69) is 4.98 Å². The van der Waals surface area contributed by atoms with Crippen LogP contribution in [0.2, 0.25) is 0 Å². The lowest BCUT2D eigenvalue weighted by Crippen LogP contribution is -2.38. The third-order valence-corrected chi connectivity index (χ3v) is 4.36. The molecule has 1 heterocycles. The first kappa shape index (κ1) is 15.0. The van der Waals surface area contributed by atoms with Crippen LogP contribution in [0.25, 0.3) is 0 Å². The molecule has 0 atom stereocenters. The molecule has 0 spiro atoms. The molecule has 0 N–H and O–H groups in total. The zero-order valence-electron chi connectivity index (χ0n) is 12.1. The number of nitrogens with zero attached hydrogens (tertiary/aromatic N) is 2. The van der Waals surface area contributed by atoms with Crippen LogP contribution in [0.1, 0.15) is 17.8 Å². The number of aromatic nitrogens is 1. The molecular formula is C16H17FN2O2S. The van der Waals surface area contributed by atoms with E-state index in [-0.39, 0.29) is 18.3 Å². The quantitative estimate of drug-likeness (QED) is 0.788. The van der Waals surface area contributed by atoms with E-state index in [1.807, 2.05) is 10.3 Å². The summed E-state index contributed by atoms with van der Waals surface area (Å²) < 4.78 is 18.5. The molecule has 1 amide bonds. The molecule has 6 heteroatoms. The molecule has 116 valence electrons. The van der Waals surface area contributed by atoms with Gasteiger partial charge in [-0.2, -0.15) is 0 Å². The topological polar surface area (TPSA) is 42.4 Å². The van der Waals surface area contributed by atoms with Gasteiger partial charge in [0.1, 0.15) is 11.6 Å². The highest BCUT2D eigenvalue weighted by Gasteiger charge is 2.32. The Hall–Kier alpha value is -1.95. The minimum atomic E-state index is -0.368. The summed E-state index contributed by atoms with van der Waals surface area (Å²) in [6.45, 7) is 0.599. The third kappa shape index (κ3) is 4.04. The van der Waals surface area contributed by atoms with Gasteiger partial charge in [-0.1, -0.05) is 6.07 Å². The predicted molar refractivity (Wildman–Crippen MR) is 82.4 cm³/mol. The Bertz CT molecular complexity index is 629. The molecule has 2 aromatic rings. The lowest BCUT2D eigenvalue weighted by Gasteiger charge is -2.22. The summed E-state index contributed by atoms with van der Waals surface area (Å²) in [4.78, 5) is 18.4. The summed E-state index contributed by atoms with van der Waals surface area (Å²) in [7, 11) is 0. The van der Waals surface area contributed by atoms with Crippen LogP contribution in [-0.2, 0) is 11.2 Å². The number of halogens is 1.